The Hall–Kier alpha value is -4.10. The molecule has 0 bridgehead atoms. The minimum Gasteiger partial charge on any atom is -0.355 e. The normalized spacial score (nSPS) is 15.2. The topological polar surface area (TPSA) is 89.7 Å². The summed E-state index contributed by atoms with van der Waals surface area (Å²) in [6.07, 6.45) is -4.98. The zero-order chi connectivity index (χ0) is 27.9. The summed E-state index contributed by atoms with van der Waals surface area (Å²) >= 11 is 0. The van der Waals surface area contributed by atoms with Crippen molar-refractivity contribution in [2.24, 2.45) is 0 Å². The Kier molecular flexibility index (Phi) is 6.72. The molecule has 204 valence electrons. The minimum atomic E-state index is -4.68. The van der Waals surface area contributed by atoms with Gasteiger partial charge >= 0.3 is 12.4 Å². The predicted molar refractivity (Wildman–Crippen MR) is 128 cm³/mol. The van der Waals surface area contributed by atoms with Crippen molar-refractivity contribution >= 4 is 17.0 Å². The van der Waals surface area contributed by atoms with Crippen LogP contribution in [-0.4, -0.2) is 42.8 Å². The lowest BCUT2D eigenvalue weighted by atomic mass is 9.89. The third kappa shape index (κ3) is 5.27. The second-order valence-corrected chi connectivity index (χ2v) is 9.23. The van der Waals surface area contributed by atoms with E-state index in [1.54, 1.807) is 13.0 Å². The highest BCUT2D eigenvalue weighted by Crippen LogP contribution is 2.37. The molecular formula is C25H21F6N7O. The van der Waals surface area contributed by atoms with Crippen molar-refractivity contribution < 1.29 is 26.3 Å². The van der Waals surface area contributed by atoms with Gasteiger partial charge in [-0.2, -0.15) is 31.4 Å². The summed E-state index contributed by atoms with van der Waals surface area (Å²) in [7, 11) is 0. The molecule has 4 aromatic rings. The molecule has 0 spiro atoms. The maximum Gasteiger partial charge on any atom is 0.420 e. The summed E-state index contributed by atoms with van der Waals surface area (Å²) in [5.74, 6) is -0.653. The van der Waals surface area contributed by atoms with E-state index in [0.29, 0.717) is 29.6 Å². The van der Waals surface area contributed by atoms with Gasteiger partial charge in [0.05, 0.1) is 29.7 Å². The number of halogens is 6. The van der Waals surface area contributed by atoms with Gasteiger partial charge < -0.3 is 4.90 Å². The first-order valence-electron chi connectivity index (χ1n) is 12.0. The molecule has 8 nitrogen and oxygen atoms in total. The van der Waals surface area contributed by atoms with Crippen LogP contribution < -0.4 is 10.5 Å². The van der Waals surface area contributed by atoms with Crippen LogP contribution in [0.2, 0.25) is 0 Å². The Morgan fingerprint density at radius 3 is 2.38 bits per heavy atom. The number of hydrogen-bond donors (Lipinski definition) is 0. The van der Waals surface area contributed by atoms with E-state index in [9.17, 15) is 31.1 Å². The Morgan fingerprint density at radius 1 is 0.974 bits per heavy atom. The number of piperidine rings is 1. The van der Waals surface area contributed by atoms with Gasteiger partial charge in [-0.15, -0.1) is 5.10 Å². The van der Waals surface area contributed by atoms with E-state index < -0.39 is 35.6 Å². The number of nitrogens with zero attached hydrogens (tertiary/aromatic N) is 7. The lowest BCUT2D eigenvalue weighted by Gasteiger charge is -2.33. The molecule has 0 aromatic carbocycles. The molecule has 1 fully saturated rings. The quantitative estimate of drug-likeness (QED) is 0.339. The van der Waals surface area contributed by atoms with Gasteiger partial charge in [0, 0.05) is 31.0 Å². The monoisotopic (exact) mass is 549 g/mol. The Balaban J connectivity index is 1.51. The highest BCUT2D eigenvalue weighted by Gasteiger charge is 2.37. The molecule has 0 unspecified atom stereocenters. The largest absolute Gasteiger partial charge is 0.420 e. The van der Waals surface area contributed by atoms with Crippen LogP contribution >= 0.6 is 0 Å². The number of fused-ring (bicyclic) bond motifs is 1. The van der Waals surface area contributed by atoms with Gasteiger partial charge in [0.2, 0.25) is 0 Å². The zero-order valence-electron chi connectivity index (χ0n) is 20.5. The summed E-state index contributed by atoms with van der Waals surface area (Å²) < 4.78 is 82.5. The number of pyridine rings is 2. The first-order chi connectivity index (χ1) is 18.4. The maximum atomic E-state index is 13.7. The van der Waals surface area contributed by atoms with Crippen LogP contribution in [-0.2, 0) is 18.9 Å². The molecule has 0 aliphatic carbocycles. The molecule has 0 atom stereocenters. The predicted octanol–water partition coefficient (Wildman–Crippen LogP) is 4.75. The molecule has 5 rings (SSSR count). The van der Waals surface area contributed by atoms with Crippen molar-refractivity contribution in [3.8, 4) is 0 Å². The molecule has 0 N–H and O–H groups in total. The van der Waals surface area contributed by atoms with Gasteiger partial charge in [0.1, 0.15) is 11.1 Å². The minimum absolute atomic E-state index is 0.120. The Bertz CT molecular complexity index is 1580. The summed E-state index contributed by atoms with van der Waals surface area (Å²) in [5, 5.41) is 7.29. The van der Waals surface area contributed by atoms with Crippen LogP contribution in [0.1, 0.15) is 46.8 Å². The van der Waals surface area contributed by atoms with E-state index in [-0.39, 0.29) is 36.2 Å². The van der Waals surface area contributed by atoms with Gasteiger partial charge in [-0.3, -0.25) is 19.3 Å². The summed E-state index contributed by atoms with van der Waals surface area (Å²) in [4.78, 5) is 27.7. The zero-order valence-corrected chi connectivity index (χ0v) is 20.5. The van der Waals surface area contributed by atoms with E-state index in [2.05, 4.69) is 25.1 Å². The Labute approximate surface area is 217 Å². The summed E-state index contributed by atoms with van der Waals surface area (Å²) in [5.41, 5.74) is -1.54. The van der Waals surface area contributed by atoms with Gasteiger partial charge in [0.25, 0.3) is 5.56 Å². The number of aryl methyl sites for hydroxylation is 1. The molecule has 39 heavy (non-hydrogen) atoms. The van der Waals surface area contributed by atoms with Crippen molar-refractivity contribution in [2.45, 2.75) is 44.6 Å². The van der Waals surface area contributed by atoms with Crippen molar-refractivity contribution in [3.05, 3.63) is 81.3 Å². The van der Waals surface area contributed by atoms with Gasteiger partial charge in [0.15, 0.2) is 11.5 Å². The van der Waals surface area contributed by atoms with Crippen molar-refractivity contribution in [2.75, 3.05) is 18.0 Å². The van der Waals surface area contributed by atoms with Crippen LogP contribution in [0.4, 0.5) is 32.2 Å². The lowest BCUT2D eigenvalue weighted by Crippen LogP contribution is -2.37. The van der Waals surface area contributed by atoms with E-state index in [0.717, 1.165) is 22.9 Å². The van der Waals surface area contributed by atoms with Crippen molar-refractivity contribution in [3.63, 3.8) is 0 Å². The maximum absolute atomic E-state index is 13.7. The molecular weight excluding hydrogens is 528 g/mol. The highest BCUT2D eigenvalue weighted by molar-refractivity contribution is 5.71. The van der Waals surface area contributed by atoms with E-state index in [1.165, 1.54) is 23.4 Å². The molecule has 14 heteroatoms. The summed E-state index contributed by atoms with van der Waals surface area (Å²) in [6, 6.07) is 4.49. The van der Waals surface area contributed by atoms with Gasteiger partial charge in [-0.25, -0.2) is 4.98 Å². The fraction of sp³-hybridized carbons (Fsp3) is 0.360. The number of alkyl halides is 6. The molecule has 5 heterocycles. The number of rotatable bonds is 4. The van der Waals surface area contributed by atoms with Crippen molar-refractivity contribution in [1.29, 1.82) is 0 Å². The fourth-order valence-corrected chi connectivity index (χ4v) is 4.83. The highest BCUT2D eigenvalue weighted by atomic mass is 19.4. The smallest absolute Gasteiger partial charge is 0.355 e. The van der Waals surface area contributed by atoms with E-state index in [1.807, 2.05) is 0 Å². The Morgan fingerprint density at radius 2 is 1.69 bits per heavy atom. The molecule has 0 radical (unpaired) electrons. The number of anilines is 1. The molecule has 1 aliphatic heterocycles. The van der Waals surface area contributed by atoms with Crippen LogP contribution in [0.15, 0.2) is 47.7 Å². The molecule has 1 aliphatic rings. The summed E-state index contributed by atoms with van der Waals surface area (Å²) in [6.45, 7) is 1.50. The third-order valence-electron chi connectivity index (χ3n) is 6.69. The molecule has 1 saturated heterocycles. The van der Waals surface area contributed by atoms with Gasteiger partial charge in [-0.05, 0) is 49.9 Å². The second kappa shape index (κ2) is 9.89. The van der Waals surface area contributed by atoms with Crippen LogP contribution in [0.3, 0.4) is 0 Å². The van der Waals surface area contributed by atoms with E-state index >= 15 is 0 Å². The van der Waals surface area contributed by atoms with Crippen LogP contribution in [0.5, 0.6) is 0 Å². The van der Waals surface area contributed by atoms with Gasteiger partial charge in [-0.1, -0.05) is 0 Å². The average molecular weight is 549 g/mol. The standard InChI is InChI=1S/C25H21F6N7O/c1-14-12-33-19-11-16(15-5-9-37(10-6-15)21-18(25(29,30)31)4-8-34-36-21)23(39)38(22(19)35-14)13-20-17(24(26,27)28)3-2-7-32-20/h2-4,7-8,11-12,15H,5-6,9-10,13H2,1H3. The van der Waals surface area contributed by atoms with E-state index in [4.69, 9.17) is 0 Å². The molecule has 4 aromatic heterocycles. The SMILES string of the molecule is Cc1cnc2cc(C3CCN(c4nnccc4C(F)(F)F)CC3)c(=O)n(Cc3ncccc3C(F)(F)F)c2n1. The second-order valence-electron chi connectivity index (χ2n) is 9.23. The average Bonchev–Trinajstić information content (AvgIpc) is 2.90. The van der Waals surface area contributed by atoms with Crippen LogP contribution in [0.25, 0.3) is 11.2 Å². The first-order valence-corrected chi connectivity index (χ1v) is 12.0. The number of hydrogen-bond acceptors (Lipinski definition) is 7. The lowest BCUT2D eigenvalue weighted by molar-refractivity contribution is -0.139. The fourth-order valence-electron chi connectivity index (χ4n) is 4.83. The molecule has 0 saturated carbocycles. The van der Waals surface area contributed by atoms with Crippen LogP contribution in [0, 0.1) is 6.92 Å². The number of aromatic nitrogens is 6. The third-order valence-corrected chi connectivity index (χ3v) is 6.69. The molecule has 0 amide bonds. The van der Waals surface area contributed by atoms with Crippen molar-refractivity contribution in [1.82, 2.24) is 29.7 Å². The first kappa shape index (κ1) is 26.5.